The van der Waals surface area contributed by atoms with E-state index >= 15 is 0 Å². The van der Waals surface area contributed by atoms with Gasteiger partial charge in [-0.1, -0.05) is 11.6 Å². The van der Waals surface area contributed by atoms with E-state index < -0.39 is 5.97 Å². The molecule has 2 rings (SSSR count). The number of halogens is 1. The van der Waals surface area contributed by atoms with E-state index in [9.17, 15) is 9.90 Å². The highest BCUT2D eigenvalue weighted by Crippen LogP contribution is 2.37. The lowest BCUT2D eigenvalue weighted by atomic mass is 10.0. The summed E-state index contributed by atoms with van der Waals surface area (Å²) in [5, 5.41) is 11.1. The standard InChI is InChI=1S/C16H20ClNO4S/c1-9-11(17)5-6-12-14(9)10(15(23-12)16(19)20)7-18(2)8-13(21-3)22-4/h5-6,13H,7-8H2,1-4H3,(H,19,20). The number of rotatable bonds is 7. The Morgan fingerprint density at radius 2 is 2.04 bits per heavy atom. The van der Waals surface area contributed by atoms with Gasteiger partial charge >= 0.3 is 5.97 Å². The van der Waals surface area contributed by atoms with E-state index in [1.165, 1.54) is 11.3 Å². The molecule has 2 aromatic rings. The topological polar surface area (TPSA) is 59.0 Å². The van der Waals surface area contributed by atoms with Crippen LogP contribution in [0.1, 0.15) is 20.8 Å². The zero-order valence-electron chi connectivity index (χ0n) is 13.6. The second-order valence-electron chi connectivity index (χ2n) is 5.36. The van der Waals surface area contributed by atoms with Gasteiger partial charge < -0.3 is 14.6 Å². The van der Waals surface area contributed by atoms with Crippen molar-refractivity contribution in [2.75, 3.05) is 27.8 Å². The van der Waals surface area contributed by atoms with E-state index in [0.29, 0.717) is 23.0 Å². The predicted molar refractivity (Wildman–Crippen MR) is 92.7 cm³/mol. The molecule has 0 bridgehead atoms. The zero-order chi connectivity index (χ0) is 17.1. The first kappa shape index (κ1) is 18.2. The molecule has 0 unspecified atom stereocenters. The van der Waals surface area contributed by atoms with Gasteiger partial charge in [-0.05, 0) is 37.2 Å². The highest BCUT2D eigenvalue weighted by Gasteiger charge is 2.22. The van der Waals surface area contributed by atoms with E-state index in [2.05, 4.69) is 0 Å². The van der Waals surface area contributed by atoms with Crippen molar-refractivity contribution in [2.24, 2.45) is 0 Å². The summed E-state index contributed by atoms with van der Waals surface area (Å²) in [5.41, 5.74) is 1.69. The minimum absolute atomic E-state index is 0.351. The average Bonchev–Trinajstić information content (AvgIpc) is 2.88. The van der Waals surface area contributed by atoms with Crippen LogP contribution in [-0.2, 0) is 16.0 Å². The van der Waals surface area contributed by atoms with Crippen LogP contribution in [0.25, 0.3) is 10.1 Å². The summed E-state index contributed by atoms with van der Waals surface area (Å²) in [6.45, 7) is 2.93. The van der Waals surface area contributed by atoms with Gasteiger partial charge in [0.15, 0.2) is 6.29 Å². The van der Waals surface area contributed by atoms with E-state index in [0.717, 1.165) is 21.2 Å². The monoisotopic (exact) mass is 357 g/mol. The number of benzene rings is 1. The summed E-state index contributed by atoms with van der Waals surface area (Å²) in [7, 11) is 5.06. The first-order valence-electron chi connectivity index (χ1n) is 7.07. The molecule has 0 saturated carbocycles. The number of hydrogen-bond acceptors (Lipinski definition) is 5. The number of carboxylic acid groups (broad SMARTS) is 1. The van der Waals surface area contributed by atoms with Crippen LogP contribution in [0.4, 0.5) is 0 Å². The molecule has 1 aromatic heterocycles. The Kier molecular flexibility index (Phi) is 6.00. The molecule has 1 aromatic carbocycles. The zero-order valence-corrected chi connectivity index (χ0v) is 15.1. The van der Waals surface area contributed by atoms with Crippen LogP contribution in [0.5, 0.6) is 0 Å². The lowest BCUT2D eigenvalue weighted by Crippen LogP contribution is -2.31. The fraction of sp³-hybridized carbons (Fsp3) is 0.438. The Morgan fingerprint density at radius 1 is 1.39 bits per heavy atom. The van der Waals surface area contributed by atoms with Gasteiger partial charge in [-0.15, -0.1) is 11.3 Å². The van der Waals surface area contributed by atoms with E-state index in [4.69, 9.17) is 21.1 Å². The number of likely N-dealkylation sites (N-methyl/N-ethyl adjacent to an activating group) is 1. The van der Waals surface area contributed by atoms with Crippen molar-refractivity contribution in [3.05, 3.63) is 33.2 Å². The Bertz CT molecular complexity index is 712. The van der Waals surface area contributed by atoms with Crippen molar-refractivity contribution in [1.82, 2.24) is 4.90 Å². The lowest BCUT2D eigenvalue weighted by molar-refractivity contribution is -0.114. The maximum atomic E-state index is 11.6. The quantitative estimate of drug-likeness (QED) is 0.767. The fourth-order valence-electron chi connectivity index (χ4n) is 2.56. The van der Waals surface area contributed by atoms with Crippen molar-refractivity contribution < 1.29 is 19.4 Å². The number of ether oxygens (including phenoxy) is 2. The molecule has 5 nitrogen and oxygen atoms in total. The third-order valence-corrected chi connectivity index (χ3v) is 5.35. The molecule has 1 heterocycles. The van der Waals surface area contributed by atoms with Gasteiger partial charge in [0, 0.05) is 42.4 Å². The summed E-state index contributed by atoms with van der Waals surface area (Å²) < 4.78 is 11.3. The number of carbonyl (C=O) groups is 1. The van der Waals surface area contributed by atoms with E-state index in [-0.39, 0.29) is 6.29 Å². The normalized spacial score (nSPS) is 11.8. The Hall–Kier alpha value is -1.18. The summed E-state index contributed by atoms with van der Waals surface area (Å²) in [6.07, 6.45) is -0.358. The summed E-state index contributed by atoms with van der Waals surface area (Å²) in [6, 6.07) is 3.68. The lowest BCUT2D eigenvalue weighted by Gasteiger charge is -2.22. The maximum Gasteiger partial charge on any atom is 0.346 e. The number of aryl methyl sites for hydroxylation is 1. The second kappa shape index (κ2) is 7.59. The molecular weight excluding hydrogens is 338 g/mol. The molecule has 0 aliphatic rings. The molecule has 0 spiro atoms. The second-order valence-corrected chi connectivity index (χ2v) is 6.82. The minimum atomic E-state index is -0.917. The molecule has 0 amide bonds. The Labute approximate surface area is 144 Å². The molecular formula is C16H20ClNO4S. The van der Waals surface area contributed by atoms with E-state index in [1.807, 2.05) is 24.9 Å². The summed E-state index contributed by atoms with van der Waals surface area (Å²) >= 11 is 7.50. The summed E-state index contributed by atoms with van der Waals surface area (Å²) in [4.78, 5) is 13.9. The third kappa shape index (κ3) is 3.84. The van der Waals surface area contributed by atoms with Crippen LogP contribution in [0.3, 0.4) is 0 Å². The maximum absolute atomic E-state index is 11.6. The smallest absolute Gasteiger partial charge is 0.346 e. The molecule has 0 radical (unpaired) electrons. The highest BCUT2D eigenvalue weighted by atomic mass is 35.5. The van der Waals surface area contributed by atoms with Gasteiger partial charge in [-0.25, -0.2) is 4.79 Å². The molecule has 0 aliphatic heterocycles. The molecule has 1 N–H and O–H groups in total. The molecule has 126 valence electrons. The Morgan fingerprint density at radius 3 is 2.61 bits per heavy atom. The van der Waals surface area contributed by atoms with Crippen LogP contribution >= 0.6 is 22.9 Å². The van der Waals surface area contributed by atoms with Crippen molar-refractivity contribution >= 4 is 39.0 Å². The predicted octanol–water partition coefficient (Wildman–Crippen LogP) is 3.61. The average molecular weight is 358 g/mol. The molecule has 23 heavy (non-hydrogen) atoms. The van der Waals surface area contributed by atoms with Crippen LogP contribution < -0.4 is 0 Å². The number of methoxy groups -OCH3 is 2. The van der Waals surface area contributed by atoms with Gasteiger partial charge in [-0.2, -0.15) is 0 Å². The van der Waals surface area contributed by atoms with Crippen LogP contribution in [0.2, 0.25) is 5.02 Å². The number of thiophene rings is 1. The first-order valence-corrected chi connectivity index (χ1v) is 8.26. The number of aromatic carboxylic acids is 1. The SMILES string of the molecule is COC(CN(C)Cc1c(C(=O)O)sc2ccc(Cl)c(C)c12)OC. The molecule has 7 heteroatoms. The van der Waals surface area contributed by atoms with Gasteiger partial charge in [0.05, 0.1) is 0 Å². The highest BCUT2D eigenvalue weighted by molar-refractivity contribution is 7.21. The van der Waals surface area contributed by atoms with Crippen molar-refractivity contribution in [2.45, 2.75) is 19.8 Å². The Balaban J connectivity index is 2.43. The number of nitrogens with zero attached hydrogens (tertiary/aromatic N) is 1. The number of hydrogen-bond donors (Lipinski definition) is 1. The minimum Gasteiger partial charge on any atom is -0.477 e. The van der Waals surface area contributed by atoms with E-state index in [1.54, 1.807) is 20.3 Å². The third-order valence-electron chi connectivity index (χ3n) is 3.76. The van der Waals surface area contributed by atoms with Crippen LogP contribution in [0, 0.1) is 6.92 Å². The molecule has 0 atom stereocenters. The van der Waals surface area contributed by atoms with Gasteiger partial charge in [-0.3, -0.25) is 4.90 Å². The van der Waals surface area contributed by atoms with Crippen molar-refractivity contribution in [3.63, 3.8) is 0 Å². The van der Waals surface area contributed by atoms with Gasteiger partial charge in [0.2, 0.25) is 0 Å². The summed E-state index contributed by atoms with van der Waals surface area (Å²) in [5.74, 6) is -0.917. The largest absolute Gasteiger partial charge is 0.477 e. The number of fused-ring (bicyclic) bond motifs is 1. The van der Waals surface area contributed by atoms with Crippen LogP contribution in [-0.4, -0.2) is 50.1 Å². The molecule has 0 saturated heterocycles. The fourth-order valence-corrected chi connectivity index (χ4v) is 3.83. The van der Waals surface area contributed by atoms with Crippen molar-refractivity contribution in [1.29, 1.82) is 0 Å². The molecule has 0 fully saturated rings. The molecule has 0 aliphatic carbocycles. The van der Waals surface area contributed by atoms with Crippen molar-refractivity contribution in [3.8, 4) is 0 Å². The van der Waals surface area contributed by atoms with Gasteiger partial charge in [0.1, 0.15) is 4.88 Å². The number of carboxylic acids is 1. The van der Waals surface area contributed by atoms with Gasteiger partial charge in [0.25, 0.3) is 0 Å². The first-order chi connectivity index (χ1) is 10.9. The van der Waals surface area contributed by atoms with Crippen LogP contribution in [0.15, 0.2) is 12.1 Å².